The third-order valence-corrected chi connectivity index (χ3v) is 3.61. The summed E-state index contributed by atoms with van der Waals surface area (Å²) in [6, 6.07) is 3.08. The smallest absolute Gasteiger partial charge is 0.140 e. The van der Waals surface area contributed by atoms with Crippen LogP contribution in [0, 0.1) is 19.7 Å². The summed E-state index contributed by atoms with van der Waals surface area (Å²) in [5.74, 6) is -0.431. The van der Waals surface area contributed by atoms with Gasteiger partial charge in [0.2, 0.25) is 0 Å². The number of hydrogen-bond acceptors (Lipinski definition) is 1. The van der Waals surface area contributed by atoms with E-state index in [0.29, 0.717) is 12.0 Å². The van der Waals surface area contributed by atoms with Crippen LogP contribution in [0.2, 0.25) is 0 Å². The average molecular weight is 239 g/mol. The Morgan fingerprint density at radius 2 is 2.06 bits per heavy atom. The molecule has 2 atom stereocenters. The lowest BCUT2D eigenvalue weighted by Crippen LogP contribution is -2.37. The number of hydrogen-bond donors (Lipinski definition) is 1. The average Bonchev–Trinajstić information content (AvgIpc) is 2.14. The Morgan fingerprint density at radius 3 is 2.65 bits per heavy atom. The van der Waals surface area contributed by atoms with Gasteiger partial charge < -0.3 is 5.73 Å². The van der Waals surface area contributed by atoms with Crippen LogP contribution in [-0.2, 0) is 5.67 Å². The van der Waals surface area contributed by atoms with Gasteiger partial charge in [0.05, 0.1) is 0 Å². The first-order chi connectivity index (χ1) is 7.92. The van der Waals surface area contributed by atoms with Gasteiger partial charge in [-0.25, -0.2) is 8.78 Å². The number of alkyl halides is 1. The third-order valence-electron chi connectivity index (χ3n) is 3.61. The Kier molecular flexibility index (Phi) is 3.21. The van der Waals surface area contributed by atoms with Gasteiger partial charge in [0, 0.05) is 18.0 Å². The second-order valence-electron chi connectivity index (χ2n) is 5.26. The number of aryl methyl sites for hydroxylation is 2. The van der Waals surface area contributed by atoms with Crippen LogP contribution in [-0.4, -0.2) is 6.04 Å². The fourth-order valence-electron chi connectivity index (χ4n) is 2.97. The van der Waals surface area contributed by atoms with Crippen molar-refractivity contribution in [2.75, 3.05) is 0 Å². The Bertz CT molecular complexity index is 407. The van der Waals surface area contributed by atoms with E-state index in [1.807, 2.05) is 13.0 Å². The molecule has 94 valence electrons. The van der Waals surface area contributed by atoms with Crippen molar-refractivity contribution in [3.05, 3.63) is 34.6 Å². The SMILES string of the molecule is Cc1cc(C)c(C2(F)CCCC(N)C2)c(F)c1. The number of nitrogens with two attached hydrogens (primary N) is 1. The highest BCUT2D eigenvalue weighted by molar-refractivity contribution is 5.36. The maximum atomic E-state index is 14.9. The standard InChI is InChI=1S/C14H19F2N/c1-9-6-10(2)13(12(15)7-9)14(16)5-3-4-11(17)8-14/h6-7,11H,3-5,8,17H2,1-2H3. The topological polar surface area (TPSA) is 26.0 Å². The van der Waals surface area contributed by atoms with Crippen molar-refractivity contribution in [1.82, 2.24) is 0 Å². The van der Waals surface area contributed by atoms with E-state index in [1.54, 1.807) is 6.92 Å². The van der Waals surface area contributed by atoms with E-state index in [-0.39, 0.29) is 18.0 Å². The van der Waals surface area contributed by atoms with E-state index >= 15 is 0 Å². The molecule has 0 saturated heterocycles. The fraction of sp³-hybridized carbons (Fsp3) is 0.571. The molecule has 2 N–H and O–H groups in total. The van der Waals surface area contributed by atoms with Gasteiger partial charge in [0.1, 0.15) is 11.5 Å². The molecule has 2 unspecified atom stereocenters. The zero-order chi connectivity index (χ0) is 12.6. The predicted octanol–water partition coefficient (Wildman–Crippen LogP) is 3.51. The lowest BCUT2D eigenvalue weighted by molar-refractivity contribution is 0.0897. The highest BCUT2D eigenvalue weighted by Crippen LogP contribution is 2.43. The summed E-state index contributed by atoms with van der Waals surface area (Å²) in [6.45, 7) is 3.59. The Labute approximate surface area is 101 Å². The summed E-state index contributed by atoms with van der Waals surface area (Å²) in [6.07, 6.45) is 2.16. The van der Waals surface area contributed by atoms with E-state index in [0.717, 1.165) is 18.4 Å². The van der Waals surface area contributed by atoms with Gasteiger partial charge in [-0.1, -0.05) is 6.07 Å². The summed E-state index contributed by atoms with van der Waals surface area (Å²) in [5, 5.41) is 0. The molecule has 0 radical (unpaired) electrons. The van der Waals surface area contributed by atoms with Gasteiger partial charge in [-0.15, -0.1) is 0 Å². The Balaban J connectivity index is 2.45. The van der Waals surface area contributed by atoms with Crippen LogP contribution in [0.1, 0.15) is 42.4 Å². The molecule has 0 amide bonds. The molecule has 1 fully saturated rings. The molecule has 1 aliphatic carbocycles. The van der Waals surface area contributed by atoms with E-state index in [1.165, 1.54) is 6.07 Å². The maximum Gasteiger partial charge on any atom is 0.140 e. The summed E-state index contributed by atoms with van der Waals surface area (Å²) >= 11 is 0. The van der Waals surface area contributed by atoms with Crippen LogP contribution in [0.25, 0.3) is 0 Å². The lowest BCUT2D eigenvalue weighted by atomic mass is 9.77. The van der Waals surface area contributed by atoms with Crippen molar-refractivity contribution in [2.45, 2.75) is 51.2 Å². The molecule has 1 aromatic rings. The second-order valence-corrected chi connectivity index (χ2v) is 5.26. The van der Waals surface area contributed by atoms with Gasteiger partial charge in [-0.05, 0) is 50.3 Å². The largest absolute Gasteiger partial charge is 0.328 e. The minimum atomic E-state index is -1.58. The highest BCUT2D eigenvalue weighted by atomic mass is 19.1. The number of rotatable bonds is 1. The Hall–Kier alpha value is -0.960. The quantitative estimate of drug-likeness (QED) is 0.797. The van der Waals surface area contributed by atoms with Gasteiger partial charge >= 0.3 is 0 Å². The minimum Gasteiger partial charge on any atom is -0.328 e. The Morgan fingerprint density at radius 1 is 1.35 bits per heavy atom. The first-order valence-corrected chi connectivity index (χ1v) is 6.14. The first-order valence-electron chi connectivity index (χ1n) is 6.14. The zero-order valence-corrected chi connectivity index (χ0v) is 10.4. The monoisotopic (exact) mass is 239 g/mol. The van der Waals surface area contributed by atoms with Crippen LogP contribution in [0.15, 0.2) is 12.1 Å². The molecule has 17 heavy (non-hydrogen) atoms. The molecule has 1 aliphatic rings. The molecule has 1 aromatic carbocycles. The molecule has 0 aliphatic heterocycles. The van der Waals surface area contributed by atoms with Crippen LogP contribution >= 0.6 is 0 Å². The van der Waals surface area contributed by atoms with Crippen LogP contribution < -0.4 is 5.73 Å². The molecule has 0 heterocycles. The van der Waals surface area contributed by atoms with E-state index in [9.17, 15) is 8.78 Å². The van der Waals surface area contributed by atoms with Crippen molar-refractivity contribution < 1.29 is 8.78 Å². The molecule has 0 bridgehead atoms. The van der Waals surface area contributed by atoms with Crippen LogP contribution in [0.3, 0.4) is 0 Å². The van der Waals surface area contributed by atoms with E-state index in [4.69, 9.17) is 5.73 Å². The minimum absolute atomic E-state index is 0.158. The van der Waals surface area contributed by atoms with Gasteiger partial charge in [-0.2, -0.15) is 0 Å². The summed E-state index contributed by atoms with van der Waals surface area (Å²) in [7, 11) is 0. The number of halogens is 2. The summed E-state index contributed by atoms with van der Waals surface area (Å²) in [5.41, 5.74) is 5.97. The van der Waals surface area contributed by atoms with Crippen molar-refractivity contribution in [2.24, 2.45) is 5.73 Å². The molecule has 2 rings (SSSR count). The molecule has 1 saturated carbocycles. The summed E-state index contributed by atoms with van der Waals surface area (Å²) in [4.78, 5) is 0. The van der Waals surface area contributed by atoms with Gasteiger partial charge in [0.15, 0.2) is 0 Å². The van der Waals surface area contributed by atoms with E-state index in [2.05, 4.69) is 0 Å². The van der Waals surface area contributed by atoms with E-state index < -0.39 is 11.5 Å². The molecular formula is C14H19F2N. The van der Waals surface area contributed by atoms with Crippen molar-refractivity contribution in [1.29, 1.82) is 0 Å². The lowest BCUT2D eigenvalue weighted by Gasteiger charge is -2.34. The maximum absolute atomic E-state index is 14.9. The molecule has 0 spiro atoms. The molecule has 1 nitrogen and oxygen atoms in total. The molecular weight excluding hydrogens is 220 g/mol. The first kappa shape index (κ1) is 12.5. The predicted molar refractivity (Wildman–Crippen MR) is 65.1 cm³/mol. The van der Waals surface area contributed by atoms with Gasteiger partial charge in [-0.3, -0.25) is 0 Å². The summed E-state index contributed by atoms with van der Waals surface area (Å²) < 4.78 is 28.9. The normalized spacial score (nSPS) is 29.4. The van der Waals surface area contributed by atoms with Crippen LogP contribution in [0.4, 0.5) is 8.78 Å². The number of benzene rings is 1. The molecule has 3 heteroatoms. The molecule has 0 aromatic heterocycles. The van der Waals surface area contributed by atoms with Gasteiger partial charge in [0.25, 0.3) is 0 Å². The van der Waals surface area contributed by atoms with Crippen molar-refractivity contribution in [3.63, 3.8) is 0 Å². The zero-order valence-electron chi connectivity index (χ0n) is 10.4. The second kappa shape index (κ2) is 4.37. The van der Waals surface area contributed by atoms with Crippen molar-refractivity contribution >= 4 is 0 Å². The van der Waals surface area contributed by atoms with Crippen molar-refractivity contribution in [3.8, 4) is 0 Å². The van der Waals surface area contributed by atoms with Crippen LogP contribution in [0.5, 0.6) is 0 Å². The third kappa shape index (κ3) is 2.34. The highest BCUT2D eigenvalue weighted by Gasteiger charge is 2.40. The fourth-order valence-corrected chi connectivity index (χ4v) is 2.97.